The maximum absolute atomic E-state index is 13.2. The highest BCUT2D eigenvalue weighted by molar-refractivity contribution is 5.97. The summed E-state index contributed by atoms with van der Waals surface area (Å²) in [7, 11) is 1.68. The molecule has 0 saturated carbocycles. The van der Waals surface area contributed by atoms with Crippen LogP contribution in [0.2, 0.25) is 0 Å². The number of amides is 2. The van der Waals surface area contributed by atoms with Crippen molar-refractivity contribution in [1.29, 1.82) is 0 Å². The molecule has 0 unspecified atom stereocenters. The summed E-state index contributed by atoms with van der Waals surface area (Å²) in [6, 6.07) is 15.9. The number of aliphatic hydroxyl groups is 1. The van der Waals surface area contributed by atoms with Crippen molar-refractivity contribution in [2.24, 2.45) is 12.0 Å². The molecule has 0 atom stereocenters. The molecule has 1 aliphatic heterocycles. The Bertz CT molecular complexity index is 1610. The van der Waals surface area contributed by atoms with Gasteiger partial charge in [-0.05, 0) is 53.9 Å². The lowest BCUT2D eigenvalue weighted by molar-refractivity contribution is -0.125. The Hall–Kier alpha value is -4.28. The first-order chi connectivity index (χ1) is 17.9. The first-order valence-electron chi connectivity index (χ1n) is 12.0. The summed E-state index contributed by atoms with van der Waals surface area (Å²) in [5.41, 5.74) is 4.29. The fraction of sp³-hybridized carbons (Fsp3) is 0.259. The highest BCUT2D eigenvalue weighted by atomic mass is 16.5. The molecule has 4 aromatic rings. The summed E-state index contributed by atoms with van der Waals surface area (Å²) in [6.07, 6.45) is 2.17. The van der Waals surface area contributed by atoms with Crippen LogP contribution in [-0.2, 0) is 23.1 Å². The third-order valence-electron chi connectivity index (χ3n) is 6.37. The molecular formula is C27H27N5O5. The molecule has 0 radical (unpaired) electrons. The molecular weight excluding hydrogens is 474 g/mol. The van der Waals surface area contributed by atoms with Crippen molar-refractivity contribution in [2.45, 2.75) is 13.0 Å². The number of nitrogens with one attached hydrogen (secondary N) is 1. The van der Waals surface area contributed by atoms with E-state index in [0.29, 0.717) is 42.9 Å². The number of anilines is 1. The van der Waals surface area contributed by atoms with E-state index < -0.39 is 5.91 Å². The van der Waals surface area contributed by atoms with Gasteiger partial charge >= 0.3 is 0 Å². The van der Waals surface area contributed by atoms with E-state index in [0.717, 1.165) is 22.3 Å². The second kappa shape index (κ2) is 10.4. The van der Waals surface area contributed by atoms with E-state index in [2.05, 4.69) is 9.98 Å². The molecule has 10 heteroatoms. The van der Waals surface area contributed by atoms with E-state index in [1.54, 1.807) is 36.3 Å². The molecule has 5 rings (SSSR count). The number of benzene rings is 2. The number of imidazole rings is 1. The van der Waals surface area contributed by atoms with E-state index in [-0.39, 0.29) is 24.7 Å². The summed E-state index contributed by atoms with van der Waals surface area (Å²) >= 11 is 0. The second-order valence-electron chi connectivity index (χ2n) is 8.84. The van der Waals surface area contributed by atoms with E-state index in [1.807, 2.05) is 34.9 Å². The Kier molecular flexibility index (Phi) is 6.85. The number of ether oxygens (including phenoxy) is 1. The maximum atomic E-state index is 13.2. The molecule has 10 nitrogen and oxygen atoms in total. The van der Waals surface area contributed by atoms with Gasteiger partial charge in [0.2, 0.25) is 5.62 Å². The van der Waals surface area contributed by atoms with Crippen molar-refractivity contribution in [3.8, 4) is 11.1 Å². The summed E-state index contributed by atoms with van der Waals surface area (Å²) < 4.78 is 8.55. The Morgan fingerprint density at radius 3 is 2.73 bits per heavy atom. The third-order valence-corrected chi connectivity index (χ3v) is 6.37. The predicted octanol–water partition coefficient (Wildman–Crippen LogP) is 1.82. The van der Waals surface area contributed by atoms with Crippen LogP contribution in [0.15, 0.2) is 70.6 Å². The van der Waals surface area contributed by atoms with Crippen molar-refractivity contribution in [3.63, 3.8) is 0 Å². The average Bonchev–Trinajstić information content (AvgIpc) is 3.25. The van der Waals surface area contributed by atoms with Gasteiger partial charge in [-0.15, -0.1) is 0 Å². The normalized spacial score (nSPS) is 14.5. The van der Waals surface area contributed by atoms with Gasteiger partial charge in [0.15, 0.2) is 0 Å². The molecule has 2 aromatic carbocycles. The van der Waals surface area contributed by atoms with E-state index >= 15 is 0 Å². The zero-order valence-electron chi connectivity index (χ0n) is 20.4. The number of rotatable bonds is 6. The molecule has 0 spiro atoms. The number of carbonyl (C=O) groups excluding carboxylic acids is 2. The van der Waals surface area contributed by atoms with Crippen LogP contribution < -0.4 is 16.1 Å². The Balaban J connectivity index is 1.53. The molecule has 1 fully saturated rings. The van der Waals surface area contributed by atoms with Gasteiger partial charge in [0.1, 0.15) is 6.61 Å². The molecule has 1 saturated heterocycles. The number of hydrogen-bond acceptors (Lipinski definition) is 5. The minimum Gasteiger partial charge on any atom is -0.396 e. The van der Waals surface area contributed by atoms with Gasteiger partial charge in [0.25, 0.3) is 17.4 Å². The van der Waals surface area contributed by atoms with E-state index in [1.165, 1.54) is 10.6 Å². The summed E-state index contributed by atoms with van der Waals surface area (Å²) in [4.78, 5) is 46.8. The quantitative estimate of drug-likeness (QED) is 0.417. The van der Waals surface area contributed by atoms with Crippen LogP contribution in [0.3, 0.4) is 0 Å². The van der Waals surface area contributed by atoms with Crippen molar-refractivity contribution in [3.05, 3.63) is 82.3 Å². The number of pyridine rings is 1. The first kappa shape index (κ1) is 24.4. The van der Waals surface area contributed by atoms with Crippen LogP contribution >= 0.6 is 0 Å². The predicted molar refractivity (Wildman–Crippen MR) is 138 cm³/mol. The number of nitrogens with zero attached hydrogens (tertiary/aromatic N) is 4. The smallest absolute Gasteiger partial charge is 0.280 e. The fourth-order valence-corrected chi connectivity index (χ4v) is 4.38. The first-order valence-corrected chi connectivity index (χ1v) is 12.0. The average molecular weight is 502 g/mol. The van der Waals surface area contributed by atoms with Crippen molar-refractivity contribution in [1.82, 2.24) is 14.1 Å². The summed E-state index contributed by atoms with van der Waals surface area (Å²) in [6.45, 7) is 1.43. The van der Waals surface area contributed by atoms with Gasteiger partial charge in [-0.2, -0.15) is 4.99 Å². The minimum atomic E-state index is -0.446. The largest absolute Gasteiger partial charge is 0.396 e. The van der Waals surface area contributed by atoms with Gasteiger partial charge in [0, 0.05) is 50.3 Å². The fourth-order valence-electron chi connectivity index (χ4n) is 4.38. The lowest BCUT2D eigenvalue weighted by Crippen LogP contribution is -2.41. The number of aromatic amines is 1. The zero-order chi connectivity index (χ0) is 25.9. The number of aromatic nitrogens is 3. The lowest BCUT2D eigenvalue weighted by Gasteiger charge is -2.26. The van der Waals surface area contributed by atoms with Crippen LogP contribution in [0.5, 0.6) is 0 Å². The standard InChI is InChI=1S/C27H27N5O5/c1-30-10-8-19(15-24(30)34)18-4-2-5-20(14-18)26(36)29-27-28-22-16-21(31-11-13-37-17-25(31)35)6-7-23(22)32(27)9-3-12-33/h2,4-8,10,14-16,33H,3,9,11-13,17H2,1H3,(H,28,29,36). The number of carbonyl (C=O) groups is 2. The minimum absolute atomic E-state index is 0.00793. The maximum Gasteiger partial charge on any atom is 0.280 e. The van der Waals surface area contributed by atoms with Gasteiger partial charge in [-0.25, -0.2) is 0 Å². The molecule has 0 bridgehead atoms. The Labute approximate surface area is 212 Å². The molecule has 2 N–H and O–H groups in total. The number of aliphatic hydroxyl groups excluding tert-OH is 1. The van der Waals surface area contributed by atoms with Crippen LogP contribution in [0, 0.1) is 0 Å². The summed E-state index contributed by atoms with van der Waals surface area (Å²) in [5.74, 6) is -0.555. The number of hydrogen-bond donors (Lipinski definition) is 2. The van der Waals surface area contributed by atoms with Gasteiger partial charge in [-0.1, -0.05) is 12.1 Å². The van der Waals surface area contributed by atoms with E-state index in [9.17, 15) is 19.5 Å². The Morgan fingerprint density at radius 1 is 1.11 bits per heavy atom. The molecule has 1 aliphatic rings. The van der Waals surface area contributed by atoms with Crippen LogP contribution in [-0.4, -0.2) is 57.4 Å². The number of aryl methyl sites for hydroxylation is 2. The van der Waals surface area contributed by atoms with Gasteiger partial charge < -0.3 is 28.9 Å². The van der Waals surface area contributed by atoms with Crippen molar-refractivity contribution < 1.29 is 19.4 Å². The topological polar surface area (TPSA) is 122 Å². The third kappa shape index (κ3) is 5.02. The zero-order valence-corrected chi connectivity index (χ0v) is 20.4. The molecule has 0 aliphatic carbocycles. The molecule has 2 amide bonds. The number of H-pyrrole nitrogens is 1. The Morgan fingerprint density at radius 2 is 1.95 bits per heavy atom. The second-order valence-corrected chi connectivity index (χ2v) is 8.84. The number of morpholine rings is 1. The lowest BCUT2D eigenvalue weighted by atomic mass is 10.0. The highest BCUT2D eigenvalue weighted by Crippen LogP contribution is 2.22. The highest BCUT2D eigenvalue weighted by Gasteiger charge is 2.21. The van der Waals surface area contributed by atoms with Crippen LogP contribution in [0.4, 0.5) is 5.69 Å². The van der Waals surface area contributed by atoms with Crippen LogP contribution in [0.1, 0.15) is 16.8 Å². The molecule has 190 valence electrons. The van der Waals surface area contributed by atoms with Crippen LogP contribution in [0.25, 0.3) is 22.2 Å². The monoisotopic (exact) mass is 501 g/mol. The molecule has 2 aromatic heterocycles. The van der Waals surface area contributed by atoms with Crippen molar-refractivity contribution in [2.75, 3.05) is 31.3 Å². The summed E-state index contributed by atoms with van der Waals surface area (Å²) in [5, 5.41) is 9.41. The SMILES string of the molecule is Cn1ccc(-c2cccc(C(=O)/N=c3\[nH]c4cc(N5CCOCC5=O)ccc4n3CCCO)c2)cc1=O. The molecule has 37 heavy (non-hydrogen) atoms. The van der Waals surface area contributed by atoms with Gasteiger partial charge in [-0.3, -0.25) is 14.4 Å². The molecule has 3 heterocycles. The van der Waals surface area contributed by atoms with Crippen molar-refractivity contribution >= 4 is 28.5 Å². The van der Waals surface area contributed by atoms with Gasteiger partial charge in [0.05, 0.1) is 17.6 Å². The number of fused-ring (bicyclic) bond motifs is 1. The van der Waals surface area contributed by atoms with E-state index in [4.69, 9.17) is 4.74 Å².